The van der Waals surface area contributed by atoms with Crippen molar-refractivity contribution in [3.05, 3.63) is 29.8 Å². The number of hydrogen-bond acceptors (Lipinski definition) is 3. The van der Waals surface area contributed by atoms with E-state index in [0.717, 1.165) is 44.6 Å². The zero-order valence-corrected chi connectivity index (χ0v) is 19.7. The molecule has 0 amide bonds. The van der Waals surface area contributed by atoms with E-state index in [1.807, 2.05) is 6.92 Å². The molecule has 0 bridgehead atoms. The molecule has 2 N–H and O–H groups in total. The summed E-state index contributed by atoms with van der Waals surface area (Å²) in [5, 5.41) is 13.4. The molecule has 33 heavy (non-hydrogen) atoms. The molecular formula is C27H36F3NO2. The van der Waals surface area contributed by atoms with Crippen molar-refractivity contribution in [1.29, 1.82) is 0 Å². The van der Waals surface area contributed by atoms with Crippen LogP contribution in [0, 0.1) is 46.6 Å². The number of ketones is 1. The third kappa shape index (κ3) is 3.81. The van der Waals surface area contributed by atoms with Crippen LogP contribution in [0.2, 0.25) is 0 Å². The molecule has 4 fully saturated rings. The van der Waals surface area contributed by atoms with E-state index in [0.29, 0.717) is 31.1 Å². The van der Waals surface area contributed by atoms with Crippen LogP contribution in [0.4, 0.5) is 18.9 Å². The average molecular weight is 464 g/mol. The van der Waals surface area contributed by atoms with Gasteiger partial charge in [-0.25, -0.2) is 13.2 Å². The molecule has 0 aromatic heterocycles. The van der Waals surface area contributed by atoms with Gasteiger partial charge < -0.3 is 10.4 Å². The maximum absolute atomic E-state index is 16.5. The van der Waals surface area contributed by atoms with Crippen molar-refractivity contribution < 1.29 is 23.1 Å². The second-order valence-corrected chi connectivity index (χ2v) is 11.9. The highest BCUT2D eigenvalue weighted by molar-refractivity contribution is 5.86. The van der Waals surface area contributed by atoms with Crippen LogP contribution in [-0.2, 0) is 4.79 Å². The van der Waals surface area contributed by atoms with Gasteiger partial charge in [0.2, 0.25) is 0 Å². The highest BCUT2D eigenvalue weighted by Gasteiger charge is 2.63. The highest BCUT2D eigenvalue weighted by Crippen LogP contribution is 2.66. The number of carbonyl (C=O) groups is 1. The number of Topliss-reactive ketones (excluding diaryl/α,β-unsaturated/α-hetero) is 1. The van der Waals surface area contributed by atoms with Gasteiger partial charge in [0, 0.05) is 12.0 Å². The van der Waals surface area contributed by atoms with E-state index in [1.165, 1.54) is 12.1 Å². The van der Waals surface area contributed by atoms with Gasteiger partial charge in [0.1, 0.15) is 17.3 Å². The van der Waals surface area contributed by atoms with Crippen LogP contribution in [0.15, 0.2) is 18.2 Å². The Kier molecular flexibility index (Phi) is 5.62. The Balaban J connectivity index is 1.29. The van der Waals surface area contributed by atoms with Crippen LogP contribution in [0.3, 0.4) is 0 Å². The van der Waals surface area contributed by atoms with E-state index in [2.05, 4.69) is 12.2 Å². The predicted octanol–water partition coefficient (Wildman–Crippen LogP) is 6.06. The summed E-state index contributed by atoms with van der Waals surface area (Å²) in [5.74, 6) is -0.771. The minimum atomic E-state index is -1.18. The van der Waals surface area contributed by atoms with Gasteiger partial charge in [-0.1, -0.05) is 6.92 Å². The largest absolute Gasteiger partial charge is 0.390 e. The molecule has 182 valence electrons. The summed E-state index contributed by atoms with van der Waals surface area (Å²) < 4.78 is 43.6. The molecule has 0 aliphatic heterocycles. The van der Waals surface area contributed by atoms with Crippen molar-refractivity contribution in [3.8, 4) is 0 Å². The highest BCUT2D eigenvalue weighted by atomic mass is 19.1. The Hall–Kier alpha value is -1.56. The summed E-state index contributed by atoms with van der Waals surface area (Å²) in [7, 11) is 0. The van der Waals surface area contributed by atoms with E-state index in [9.17, 15) is 18.7 Å². The molecule has 4 aliphatic rings. The van der Waals surface area contributed by atoms with Crippen molar-refractivity contribution in [2.45, 2.75) is 82.9 Å². The normalized spacial score (nSPS) is 44.5. The third-order valence-corrected chi connectivity index (χ3v) is 10.1. The Morgan fingerprint density at radius 1 is 1.06 bits per heavy atom. The summed E-state index contributed by atoms with van der Waals surface area (Å²) in [4.78, 5) is 13.2. The molecule has 0 spiro atoms. The fourth-order valence-corrected chi connectivity index (χ4v) is 8.44. The third-order valence-electron chi connectivity index (χ3n) is 10.1. The number of carbonyl (C=O) groups excluding carboxylic acids is 1. The maximum Gasteiger partial charge on any atom is 0.155 e. The maximum atomic E-state index is 16.5. The van der Waals surface area contributed by atoms with Crippen LogP contribution in [0.5, 0.6) is 0 Å². The standard InChI is InChI=1S/C27H36F3NO2/c1-25(33)11-12-27(30)16(14-25)3-5-18-19-6-7-21(26(19,2)10-9-20(18)27)24(32)15-31-23-8-4-17(28)13-22(23)29/h4,8,13,16,18-21,31,33H,3,5-7,9-12,14-15H2,1-2H3/t16-,18+,19+,20?,21-,25-,26+,27-/m1/s1. The number of nitrogens with one attached hydrogen (secondary N) is 1. The number of halogens is 3. The van der Waals surface area contributed by atoms with Crippen LogP contribution in [-0.4, -0.2) is 28.7 Å². The Morgan fingerprint density at radius 3 is 2.61 bits per heavy atom. The number of aliphatic hydroxyl groups is 1. The van der Waals surface area contributed by atoms with E-state index in [-0.39, 0.29) is 41.2 Å². The predicted molar refractivity (Wildman–Crippen MR) is 121 cm³/mol. The second-order valence-electron chi connectivity index (χ2n) is 11.9. The smallest absolute Gasteiger partial charge is 0.155 e. The van der Waals surface area contributed by atoms with Crippen molar-refractivity contribution in [2.75, 3.05) is 11.9 Å². The lowest BCUT2D eigenvalue weighted by Crippen LogP contribution is -2.58. The van der Waals surface area contributed by atoms with Crippen LogP contribution >= 0.6 is 0 Å². The Bertz CT molecular complexity index is 936. The summed E-state index contributed by atoms with van der Waals surface area (Å²) in [6.45, 7) is 4.08. The summed E-state index contributed by atoms with van der Waals surface area (Å²) >= 11 is 0. The molecule has 4 saturated carbocycles. The van der Waals surface area contributed by atoms with E-state index >= 15 is 4.39 Å². The van der Waals surface area contributed by atoms with Gasteiger partial charge in [0.25, 0.3) is 0 Å². The molecule has 1 aromatic carbocycles. The number of benzene rings is 1. The monoisotopic (exact) mass is 463 g/mol. The van der Waals surface area contributed by atoms with Crippen molar-refractivity contribution >= 4 is 11.5 Å². The van der Waals surface area contributed by atoms with Gasteiger partial charge in [0.05, 0.1) is 17.8 Å². The fraction of sp³-hybridized carbons (Fsp3) is 0.741. The van der Waals surface area contributed by atoms with Gasteiger partial charge in [-0.3, -0.25) is 4.79 Å². The van der Waals surface area contributed by atoms with Crippen molar-refractivity contribution in [3.63, 3.8) is 0 Å². The lowest BCUT2D eigenvalue weighted by molar-refractivity contribution is -0.165. The molecular weight excluding hydrogens is 427 g/mol. The topological polar surface area (TPSA) is 49.3 Å². The number of rotatable bonds is 4. The molecule has 4 aliphatic carbocycles. The number of fused-ring (bicyclic) bond motifs is 5. The molecule has 0 radical (unpaired) electrons. The summed E-state index contributed by atoms with van der Waals surface area (Å²) in [6.07, 6.45) is 6.73. The Morgan fingerprint density at radius 2 is 1.85 bits per heavy atom. The Labute approximate surface area is 194 Å². The van der Waals surface area contributed by atoms with Crippen LogP contribution in [0.25, 0.3) is 0 Å². The van der Waals surface area contributed by atoms with Gasteiger partial charge >= 0.3 is 0 Å². The SMILES string of the molecule is C[C@@]1(O)CC[C@]2(F)C3CC[C@]4(C)[C@@H](C(=O)CNc5ccc(F)cc5F)CC[C@H]4[C@@H]3CC[C@@H]2C1. The lowest BCUT2D eigenvalue weighted by atomic mass is 9.48. The first kappa shape index (κ1) is 23.2. The minimum Gasteiger partial charge on any atom is -0.390 e. The zero-order chi connectivity index (χ0) is 23.6. The molecule has 8 atom stereocenters. The quantitative estimate of drug-likeness (QED) is 0.571. The summed E-state index contributed by atoms with van der Waals surface area (Å²) in [5.41, 5.74) is -1.95. The fourth-order valence-electron chi connectivity index (χ4n) is 8.44. The molecule has 1 aromatic rings. The van der Waals surface area contributed by atoms with E-state index in [4.69, 9.17) is 0 Å². The van der Waals surface area contributed by atoms with Gasteiger partial charge in [-0.15, -0.1) is 0 Å². The van der Waals surface area contributed by atoms with Gasteiger partial charge in [-0.2, -0.15) is 0 Å². The first-order valence-corrected chi connectivity index (χ1v) is 12.7. The second kappa shape index (κ2) is 8.00. The van der Waals surface area contributed by atoms with Gasteiger partial charge in [-0.05, 0) is 106 Å². The first-order valence-electron chi connectivity index (χ1n) is 12.7. The summed E-state index contributed by atoms with van der Waals surface area (Å²) in [6, 6.07) is 3.32. The molecule has 5 rings (SSSR count). The van der Waals surface area contributed by atoms with E-state index in [1.54, 1.807) is 0 Å². The number of hydrogen-bond donors (Lipinski definition) is 2. The van der Waals surface area contributed by atoms with Crippen LogP contribution < -0.4 is 5.32 Å². The lowest BCUT2D eigenvalue weighted by Gasteiger charge is -2.59. The van der Waals surface area contributed by atoms with Gasteiger partial charge in [0.15, 0.2) is 5.78 Å². The molecule has 0 heterocycles. The minimum absolute atomic E-state index is 0.0217. The van der Waals surface area contributed by atoms with Crippen LogP contribution in [0.1, 0.15) is 71.6 Å². The molecule has 6 heteroatoms. The van der Waals surface area contributed by atoms with Crippen molar-refractivity contribution in [2.24, 2.45) is 35.0 Å². The van der Waals surface area contributed by atoms with Crippen molar-refractivity contribution in [1.82, 2.24) is 0 Å². The number of alkyl halides is 1. The zero-order valence-electron chi connectivity index (χ0n) is 19.7. The average Bonchev–Trinajstić information content (AvgIpc) is 3.10. The molecule has 1 unspecified atom stereocenters. The molecule has 3 nitrogen and oxygen atoms in total. The number of anilines is 1. The molecule has 0 saturated heterocycles. The first-order chi connectivity index (χ1) is 15.5. The van der Waals surface area contributed by atoms with E-state index < -0.39 is 22.9 Å².